The molecule has 0 aliphatic heterocycles. The minimum atomic E-state index is 0.116. The summed E-state index contributed by atoms with van der Waals surface area (Å²) in [7, 11) is 0. The highest BCUT2D eigenvalue weighted by Crippen LogP contribution is 2.28. The van der Waals surface area contributed by atoms with Gasteiger partial charge in [-0.05, 0) is 56.3 Å². The Balaban J connectivity index is 2.06. The molecule has 2 aromatic rings. The van der Waals surface area contributed by atoms with Crippen LogP contribution in [-0.4, -0.2) is 15.5 Å². The molecule has 0 fully saturated rings. The van der Waals surface area contributed by atoms with Gasteiger partial charge in [-0.3, -0.25) is 0 Å². The van der Waals surface area contributed by atoms with Gasteiger partial charge < -0.3 is 5.32 Å². The molecule has 0 aliphatic carbocycles. The van der Waals surface area contributed by atoms with Crippen LogP contribution in [0.3, 0.4) is 0 Å². The Bertz CT molecular complexity index is 567. The van der Waals surface area contributed by atoms with Gasteiger partial charge in [-0.25, -0.2) is 9.97 Å². The van der Waals surface area contributed by atoms with Crippen LogP contribution in [-0.2, 0) is 6.54 Å². The molecule has 1 heterocycles. The highest BCUT2D eigenvalue weighted by molar-refractivity contribution is 9.10. The number of hydrogen-bond donors (Lipinski definition) is 1. The van der Waals surface area contributed by atoms with E-state index in [0.29, 0.717) is 0 Å². The van der Waals surface area contributed by atoms with Gasteiger partial charge >= 0.3 is 0 Å². The van der Waals surface area contributed by atoms with Gasteiger partial charge in [-0.15, -0.1) is 0 Å². The summed E-state index contributed by atoms with van der Waals surface area (Å²) in [6.07, 6.45) is 3.51. The van der Waals surface area contributed by atoms with Crippen molar-refractivity contribution in [1.82, 2.24) is 15.3 Å². The lowest BCUT2D eigenvalue weighted by molar-refractivity contribution is 0.424. The summed E-state index contributed by atoms with van der Waals surface area (Å²) in [6, 6.07) is 8.17. The summed E-state index contributed by atoms with van der Waals surface area (Å²) < 4.78 is 1.11. The van der Waals surface area contributed by atoms with Crippen molar-refractivity contribution in [2.24, 2.45) is 0 Å². The quantitative estimate of drug-likeness (QED) is 0.834. The van der Waals surface area contributed by atoms with Crippen molar-refractivity contribution in [2.75, 3.05) is 0 Å². The first kappa shape index (κ1) is 15.5. The van der Waals surface area contributed by atoms with Crippen molar-refractivity contribution in [2.45, 2.75) is 42.9 Å². The van der Waals surface area contributed by atoms with Crippen molar-refractivity contribution in [3.05, 3.63) is 46.7 Å². The molecule has 1 N–H and O–H groups in total. The van der Waals surface area contributed by atoms with Gasteiger partial charge in [0.1, 0.15) is 0 Å². The van der Waals surface area contributed by atoms with E-state index < -0.39 is 0 Å². The summed E-state index contributed by atoms with van der Waals surface area (Å²) in [5.41, 5.74) is 1.36. The zero-order chi connectivity index (χ0) is 14.6. The second kappa shape index (κ2) is 6.70. The maximum absolute atomic E-state index is 4.22. The average molecular weight is 352 g/mol. The molecule has 0 atom stereocenters. The van der Waals surface area contributed by atoms with Crippen molar-refractivity contribution in [1.29, 1.82) is 0 Å². The number of aromatic nitrogens is 2. The topological polar surface area (TPSA) is 37.8 Å². The molecule has 1 aromatic carbocycles. The van der Waals surface area contributed by atoms with Crippen molar-refractivity contribution in [3.8, 4) is 0 Å². The SMILES string of the molecule is CC(C)(C)NCc1ccc(Sc2ncccn2)cc1Br. The fourth-order valence-corrected chi connectivity index (χ4v) is 2.96. The second-order valence-electron chi connectivity index (χ2n) is 5.49. The van der Waals surface area contributed by atoms with Crippen LogP contribution in [0.1, 0.15) is 26.3 Å². The molecule has 0 radical (unpaired) electrons. The highest BCUT2D eigenvalue weighted by atomic mass is 79.9. The van der Waals surface area contributed by atoms with E-state index in [1.165, 1.54) is 5.56 Å². The van der Waals surface area contributed by atoms with Crippen molar-refractivity contribution >= 4 is 27.7 Å². The Kier molecular flexibility index (Phi) is 5.18. The zero-order valence-electron chi connectivity index (χ0n) is 11.9. The van der Waals surface area contributed by atoms with Crippen LogP contribution in [0.5, 0.6) is 0 Å². The van der Waals surface area contributed by atoms with Gasteiger partial charge in [0.15, 0.2) is 5.16 Å². The van der Waals surface area contributed by atoms with E-state index in [0.717, 1.165) is 21.1 Å². The lowest BCUT2D eigenvalue weighted by Gasteiger charge is -2.21. The smallest absolute Gasteiger partial charge is 0.192 e. The van der Waals surface area contributed by atoms with Crippen LogP contribution < -0.4 is 5.32 Å². The predicted octanol–water partition coefficient (Wildman–Crippen LogP) is 4.28. The van der Waals surface area contributed by atoms with E-state index in [-0.39, 0.29) is 5.54 Å². The number of hydrogen-bond acceptors (Lipinski definition) is 4. The Morgan fingerprint density at radius 1 is 1.20 bits per heavy atom. The molecule has 5 heteroatoms. The fourth-order valence-electron chi connectivity index (χ4n) is 1.54. The average Bonchev–Trinajstić information content (AvgIpc) is 2.38. The third-order valence-corrected chi connectivity index (χ3v) is 4.21. The first-order valence-electron chi connectivity index (χ1n) is 6.42. The van der Waals surface area contributed by atoms with E-state index in [1.54, 1.807) is 24.2 Å². The van der Waals surface area contributed by atoms with Gasteiger partial charge in [0.25, 0.3) is 0 Å². The first-order valence-corrected chi connectivity index (χ1v) is 8.03. The standard InChI is InChI=1S/C15H18BrN3S/c1-15(2,3)19-10-11-5-6-12(9-13(11)16)20-14-17-7-4-8-18-14/h4-9,19H,10H2,1-3H3. The molecule has 1 aromatic heterocycles. The largest absolute Gasteiger partial charge is 0.308 e. The number of benzene rings is 1. The fraction of sp³-hybridized carbons (Fsp3) is 0.333. The lowest BCUT2D eigenvalue weighted by Crippen LogP contribution is -2.35. The van der Waals surface area contributed by atoms with Gasteiger partial charge in [0, 0.05) is 33.8 Å². The second-order valence-corrected chi connectivity index (χ2v) is 7.39. The molecule has 3 nitrogen and oxygen atoms in total. The van der Waals surface area contributed by atoms with Crippen LogP contribution in [0, 0.1) is 0 Å². The van der Waals surface area contributed by atoms with E-state index in [2.05, 4.69) is 70.2 Å². The summed E-state index contributed by atoms with van der Waals surface area (Å²) in [5.74, 6) is 0. The molecule has 20 heavy (non-hydrogen) atoms. The first-order chi connectivity index (χ1) is 9.44. The molecule has 106 valence electrons. The Labute approximate surface area is 132 Å². The molecule has 0 amide bonds. The minimum absolute atomic E-state index is 0.116. The Morgan fingerprint density at radius 2 is 1.90 bits per heavy atom. The number of nitrogens with zero attached hydrogens (tertiary/aromatic N) is 2. The number of nitrogens with one attached hydrogen (secondary N) is 1. The summed E-state index contributed by atoms with van der Waals surface area (Å²) in [4.78, 5) is 9.57. The molecular formula is C15H18BrN3S. The molecule has 0 saturated heterocycles. The van der Waals surface area contributed by atoms with Crippen LogP contribution in [0.2, 0.25) is 0 Å². The molecule has 0 aliphatic rings. The predicted molar refractivity (Wildman–Crippen MR) is 86.9 cm³/mol. The minimum Gasteiger partial charge on any atom is -0.308 e. The molecule has 2 rings (SSSR count). The van der Waals surface area contributed by atoms with Crippen LogP contribution in [0.15, 0.2) is 51.2 Å². The van der Waals surface area contributed by atoms with E-state index in [9.17, 15) is 0 Å². The summed E-state index contributed by atoms with van der Waals surface area (Å²) >= 11 is 5.20. The van der Waals surface area contributed by atoms with E-state index >= 15 is 0 Å². The molecule has 0 bridgehead atoms. The van der Waals surface area contributed by atoms with Crippen LogP contribution >= 0.6 is 27.7 Å². The van der Waals surface area contributed by atoms with Crippen LogP contribution in [0.25, 0.3) is 0 Å². The Hall–Kier alpha value is -0.910. The van der Waals surface area contributed by atoms with Crippen LogP contribution in [0.4, 0.5) is 0 Å². The maximum atomic E-state index is 4.22. The highest BCUT2D eigenvalue weighted by Gasteiger charge is 2.10. The monoisotopic (exact) mass is 351 g/mol. The van der Waals surface area contributed by atoms with Gasteiger partial charge in [0.2, 0.25) is 0 Å². The van der Waals surface area contributed by atoms with E-state index in [4.69, 9.17) is 0 Å². The Morgan fingerprint density at radius 3 is 2.50 bits per heavy atom. The normalized spacial score (nSPS) is 11.6. The zero-order valence-corrected chi connectivity index (χ0v) is 14.3. The van der Waals surface area contributed by atoms with E-state index in [1.807, 2.05) is 6.07 Å². The molecule has 0 saturated carbocycles. The van der Waals surface area contributed by atoms with Crippen molar-refractivity contribution in [3.63, 3.8) is 0 Å². The maximum Gasteiger partial charge on any atom is 0.192 e. The lowest BCUT2D eigenvalue weighted by atomic mass is 10.1. The summed E-state index contributed by atoms with van der Waals surface area (Å²) in [5, 5.41) is 4.25. The number of rotatable bonds is 4. The van der Waals surface area contributed by atoms with Gasteiger partial charge in [0.05, 0.1) is 0 Å². The number of halogens is 1. The van der Waals surface area contributed by atoms with Crippen molar-refractivity contribution < 1.29 is 0 Å². The molecule has 0 unspecified atom stereocenters. The molecule has 0 spiro atoms. The third-order valence-electron chi connectivity index (χ3n) is 2.58. The molecular weight excluding hydrogens is 334 g/mol. The van der Waals surface area contributed by atoms with Gasteiger partial charge in [-0.1, -0.05) is 22.0 Å². The third kappa shape index (κ3) is 4.89. The summed E-state index contributed by atoms with van der Waals surface area (Å²) in [6.45, 7) is 7.34. The van der Waals surface area contributed by atoms with Gasteiger partial charge in [-0.2, -0.15) is 0 Å².